The van der Waals surface area contributed by atoms with Crippen molar-refractivity contribution >= 4 is 11.4 Å². The van der Waals surface area contributed by atoms with Crippen molar-refractivity contribution in [1.29, 1.82) is 0 Å². The van der Waals surface area contributed by atoms with Crippen molar-refractivity contribution in [3.8, 4) is 0 Å². The van der Waals surface area contributed by atoms with Crippen molar-refractivity contribution in [3.05, 3.63) is 45.5 Å². The first-order valence-electron chi connectivity index (χ1n) is 6.89. The molecule has 0 aliphatic carbocycles. The summed E-state index contributed by atoms with van der Waals surface area (Å²) in [5.41, 5.74) is 3.12. The lowest BCUT2D eigenvalue weighted by Gasteiger charge is -2.26. The van der Waals surface area contributed by atoms with Gasteiger partial charge in [-0.3, -0.25) is 15.0 Å². The van der Waals surface area contributed by atoms with E-state index < -0.39 is 0 Å². The summed E-state index contributed by atoms with van der Waals surface area (Å²) in [4.78, 5) is 13.1. The van der Waals surface area contributed by atoms with Gasteiger partial charge in [0.25, 0.3) is 5.69 Å². The Morgan fingerprint density at radius 2 is 2.30 bits per heavy atom. The second-order valence-corrected chi connectivity index (χ2v) is 5.38. The average Bonchev–Trinajstić information content (AvgIpc) is 2.56. The summed E-state index contributed by atoms with van der Waals surface area (Å²) in [6, 6.07) is 5.46. The molecule has 0 saturated carbocycles. The molecule has 0 radical (unpaired) electrons. The van der Waals surface area contributed by atoms with E-state index in [1.807, 2.05) is 6.07 Å². The molecular formula is C15H21N3O2. The molecule has 1 aromatic rings. The third-order valence-electron chi connectivity index (χ3n) is 3.70. The number of hydrogen-bond donors (Lipinski definition) is 1. The van der Waals surface area contributed by atoms with Crippen molar-refractivity contribution < 1.29 is 4.92 Å². The van der Waals surface area contributed by atoms with Crippen LogP contribution in [0.3, 0.4) is 0 Å². The van der Waals surface area contributed by atoms with Crippen LogP contribution >= 0.6 is 0 Å². The maximum Gasteiger partial charge on any atom is 0.292 e. The molecule has 1 aromatic carbocycles. The van der Waals surface area contributed by atoms with Crippen molar-refractivity contribution in [2.45, 2.75) is 26.8 Å². The molecule has 0 aromatic heterocycles. The topological polar surface area (TPSA) is 58.4 Å². The van der Waals surface area contributed by atoms with Gasteiger partial charge in [0.15, 0.2) is 0 Å². The van der Waals surface area contributed by atoms with Gasteiger partial charge in [0.05, 0.1) is 4.92 Å². The first-order chi connectivity index (χ1) is 9.50. The van der Waals surface area contributed by atoms with E-state index in [4.69, 9.17) is 0 Å². The molecule has 5 heteroatoms. The van der Waals surface area contributed by atoms with Gasteiger partial charge in [-0.15, -0.1) is 0 Å². The standard InChI is InChI=1S/C15H21N3O2/c1-11(2)7-9-17-10-8-16-15-13(12(17)3)5-4-6-14(15)18(19)20/h4-7,12,16H,8-10H2,1-3H3. The van der Waals surface area contributed by atoms with E-state index in [0.29, 0.717) is 5.69 Å². The van der Waals surface area contributed by atoms with E-state index in [1.165, 1.54) is 5.57 Å². The van der Waals surface area contributed by atoms with Gasteiger partial charge in [-0.2, -0.15) is 0 Å². The quantitative estimate of drug-likeness (QED) is 0.522. The molecule has 5 nitrogen and oxygen atoms in total. The molecule has 0 saturated heterocycles. The third kappa shape index (κ3) is 2.99. The molecule has 1 unspecified atom stereocenters. The van der Waals surface area contributed by atoms with E-state index in [-0.39, 0.29) is 16.7 Å². The first kappa shape index (κ1) is 14.5. The molecule has 0 spiro atoms. The van der Waals surface area contributed by atoms with Crippen LogP contribution in [-0.2, 0) is 0 Å². The van der Waals surface area contributed by atoms with Gasteiger partial charge in [-0.05, 0) is 26.3 Å². The van der Waals surface area contributed by atoms with E-state index in [2.05, 4.69) is 37.1 Å². The Morgan fingerprint density at radius 1 is 1.55 bits per heavy atom. The van der Waals surface area contributed by atoms with Crippen LogP contribution in [0.4, 0.5) is 11.4 Å². The summed E-state index contributed by atoms with van der Waals surface area (Å²) < 4.78 is 0. The molecule has 0 fully saturated rings. The van der Waals surface area contributed by atoms with E-state index in [1.54, 1.807) is 12.1 Å². The molecule has 20 heavy (non-hydrogen) atoms. The largest absolute Gasteiger partial charge is 0.378 e. The van der Waals surface area contributed by atoms with E-state index in [9.17, 15) is 10.1 Å². The van der Waals surface area contributed by atoms with E-state index in [0.717, 1.165) is 25.2 Å². The van der Waals surface area contributed by atoms with Crippen LogP contribution in [0, 0.1) is 10.1 Å². The lowest BCUT2D eigenvalue weighted by molar-refractivity contribution is -0.384. The predicted molar refractivity (Wildman–Crippen MR) is 81.0 cm³/mol. The molecule has 0 amide bonds. The van der Waals surface area contributed by atoms with Gasteiger partial charge in [0, 0.05) is 31.7 Å². The summed E-state index contributed by atoms with van der Waals surface area (Å²) in [6.45, 7) is 8.73. The van der Waals surface area contributed by atoms with Crippen molar-refractivity contribution in [3.63, 3.8) is 0 Å². The maximum absolute atomic E-state index is 11.1. The monoisotopic (exact) mass is 275 g/mol. The Hall–Kier alpha value is -1.88. The Kier molecular flexibility index (Phi) is 4.39. The molecule has 1 aliphatic heterocycles. The molecule has 1 heterocycles. The summed E-state index contributed by atoms with van der Waals surface area (Å²) in [5, 5.41) is 14.3. The zero-order valence-corrected chi connectivity index (χ0v) is 12.2. The molecule has 1 atom stereocenters. The predicted octanol–water partition coefficient (Wildman–Crippen LogP) is 3.35. The second kappa shape index (κ2) is 6.05. The number of para-hydroxylation sites is 1. The highest BCUT2D eigenvalue weighted by Crippen LogP contribution is 2.36. The Labute approximate surface area is 119 Å². The van der Waals surface area contributed by atoms with Crippen molar-refractivity contribution in [1.82, 2.24) is 4.90 Å². The van der Waals surface area contributed by atoms with Gasteiger partial charge < -0.3 is 5.32 Å². The number of fused-ring (bicyclic) bond motifs is 1. The minimum atomic E-state index is -0.315. The van der Waals surface area contributed by atoms with Crippen molar-refractivity contribution in [2.75, 3.05) is 25.0 Å². The van der Waals surface area contributed by atoms with Crippen LogP contribution in [0.5, 0.6) is 0 Å². The maximum atomic E-state index is 11.1. The van der Waals surface area contributed by atoms with Gasteiger partial charge in [0.2, 0.25) is 0 Å². The highest BCUT2D eigenvalue weighted by molar-refractivity contribution is 5.67. The molecular weight excluding hydrogens is 254 g/mol. The van der Waals surface area contributed by atoms with Gasteiger partial charge >= 0.3 is 0 Å². The number of nitro groups is 1. The van der Waals surface area contributed by atoms with Gasteiger partial charge in [0.1, 0.15) is 5.69 Å². The minimum absolute atomic E-state index is 0.162. The zero-order chi connectivity index (χ0) is 14.7. The molecule has 1 aliphatic rings. The van der Waals surface area contributed by atoms with E-state index >= 15 is 0 Å². The Morgan fingerprint density at radius 3 is 2.95 bits per heavy atom. The van der Waals surface area contributed by atoms with Crippen LogP contribution in [0.15, 0.2) is 29.8 Å². The molecule has 108 valence electrons. The molecule has 1 N–H and O–H groups in total. The highest BCUT2D eigenvalue weighted by atomic mass is 16.6. The summed E-state index contributed by atoms with van der Waals surface area (Å²) in [5.74, 6) is 0. The molecule has 2 rings (SSSR count). The number of hydrogen-bond acceptors (Lipinski definition) is 4. The number of nitrogens with one attached hydrogen (secondary N) is 1. The van der Waals surface area contributed by atoms with Crippen LogP contribution in [-0.4, -0.2) is 29.5 Å². The Bertz CT molecular complexity index is 536. The SMILES string of the molecule is CC(C)=CCN1CCNc2c(cccc2[N+](=O)[O-])C1C. The van der Waals surface area contributed by atoms with Crippen LogP contribution in [0.2, 0.25) is 0 Å². The fraction of sp³-hybridized carbons (Fsp3) is 0.467. The summed E-state index contributed by atoms with van der Waals surface area (Å²) in [7, 11) is 0. The average molecular weight is 275 g/mol. The number of nitro benzene ring substituents is 1. The Balaban J connectivity index is 2.35. The molecule has 0 bridgehead atoms. The lowest BCUT2D eigenvalue weighted by Crippen LogP contribution is -2.29. The number of anilines is 1. The fourth-order valence-electron chi connectivity index (χ4n) is 2.51. The smallest absolute Gasteiger partial charge is 0.292 e. The third-order valence-corrected chi connectivity index (χ3v) is 3.70. The van der Waals surface area contributed by atoms with Crippen LogP contribution < -0.4 is 5.32 Å². The first-order valence-corrected chi connectivity index (χ1v) is 6.89. The number of nitrogens with zero attached hydrogens (tertiary/aromatic N) is 2. The number of allylic oxidation sites excluding steroid dienone is 1. The second-order valence-electron chi connectivity index (χ2n) is 5.38. The lowest BCUT2D eigenvalue weighted by atomic mass is 10.0. The van der Waals surface area contributed by atoms with Crippen LogP contribution in [0.1, 0.15) is 32.4 Å². The fourth-order valence-corrected chi connectivity index (χ4v) is 2.51. The highest BCUT2D eigenvalue weighted by Gasteiger charge is 2.26. The van der Waals surface area contributed by atoms with Gasteiger partial charge in [-0.25, -0.2) is 0 Å². The van der Waals surface area contributed by atoms with Crippen molar-refractivity contribution in [2.24, 2.45) is 0 Å². The van der Waals surface area contributed by atoms with Crippen LogP contribution in [0.25, 0.3) is 0 Å². The zero-order valence-electron chi connectivity index (χ0n) is 12.2. The number of benzene rings is 1. The van der Waals surface area contributed by atoms with Gasteiger partial charge in [-0.1, -0.05) is 23.8 Å². The normalized spacial score (nSPS) is 18.6. The summed E-state index contributed by atoms with van der Waals surface area (Å²) >= 11 is 0. The minimum Gasteiger partial charge on any atom is -0.378 e. The summed E-state index contributed by atoms with van der Waals surface area (Å²) in [6.07, 6.45) is 2.19. The number of rotatable bonds is 3.